The van der Waals surface area contributed by atoms with Crippen molar-refractivity contribution in [1.29, 1.82) is 0 Å². The normalized spacial score (nSPS) is 19.7. The van der Waals surface area contributed by atoms with Crippen LogP contribution in [0.4, 0.5) is 4.79 Å². The van der Waals surface area contributed by atoms with Crippen molar-refractivity contribution in [2.75, 3.05) is 26.8 Å². The summed E-state index contributed by atoms with van der Waals surface area (Å²) in [5.74, 6) is 1.02. The molecule has 1 saturated heterocycles. The summed E-state index contributed by atoms with van der Waals surface area (Å²) in [6.07, 6.45) is 7.28. The first-order valence-electron chi connectivity index (χ1n) is 13.7. The Kier molecular flexibility index (Phi) is 6.64. The summed E-state index contributed by atoms with van der Waals surface area (Å²) in [5.41, 5.74) is 4.74. The van der Waals surface area contributed by atoms with E-state index < -0.39 is 5.97 Å². The van der Waals surface area contributed by atoms with E-state index in [-0.39, 0.29) is 12.2 Å². The molecule has 0 spiro atoms. The first kappa shape index (κ1) is 24.6. The zero-order valence-corrected chi connectivity index (χ0v) is 21.8. The van der Waals surface area contributed by atoms with Crippen LogP contribution in [0.1, 0.15) is 66.8 Å². The molecule has 1 N–H and O–H groups in total. The fourth-order valence-electron chi connectivity index (χ4n) is 6.50. The van der Waals surface area contributed by atoms with E-state index in [4.69, 9.17) is 14.2 Å². The largest absolute Gasteiger partial charge is 0.491 e. The third-order valence-corrected chi connectivity index (χ3v) is 8.26. The van der Waals surface area contributed by atoms with Gasteiger partial charge in [0.05, 0.1) is 31.5 Å². The average Bonchev–Trinajstić information content (AvgIpc) is 3.14. The number of fused-ring (bicyclic) bond motifs is 5. The van der Waals surface area contributed by atoms with Crippen molar-refractivity contribution in [2.45, 2.75) is 63.5 Å². The lowest BCUT2D eigenvalue weighted by atomic mass is 9.81. The van der Waals surface area contributed by atoms with Gasteiger partial charge in [-0.3, -0.25) is 0 Å². The summed E-state index contributed by atoms with van der Waals surface area (Å²) < 4.78 is 19.7. The molecule has 6 rings (SSSR count). The molecule has 8 heteroatoms. The highest BCUT2D eigenvalue weighted by Crippen LogP contribution is 2.47. The van der Waals surface area contributed by atoms with Gasteiger partial charge in [-0.15, -0.1) is 0 Å². The Balaban J connectivity index is 1.40. The number of rotatable bonds is 4. The summed E-state index contributed by atoms with van der Waals surface area (Å²) in [6, 6.07) is 11.6. The van der Waals surface area contributed by atoms with Crippen LogP contribution in [-0.4, -0.2) is 59.5 Å². The Morgan fingerprint density at radius 3 is 2.63 bits per heavy atom. The van der Waals surface area contributed by atoms with Gasteiger partial charge < -0.3 is 28.8 Å². The van der Waals surface area contributed by atoms with Crippen molar-refractivity contribution in [3.8, 4) is 22.8 Å². The molecule has 1 aromatic heterocycles. The maximum Gasteiger partial charge on any atom is 0.409 e. The van der Waals surface area contributed by atoms with Crippen LogP contribution in [0, 0.1) is 0 Å². The van der Waals surface area contributed by atoms with Crippen molar-refractivity contribution < 1.29 is 28.9 Å². The summed E-state index contributed by atoms with van der Waals surface area (Å²) in [5, 5.41) is 10.8. The molecule has 1 saturated carbocycles. The van der Waals surface area contributed by atoms with Crippen LogP contribution in [0.25, 0.3) is 22.2 Å². The van der Waals surface area contributed by atoms with Crippen molar-refractivity contribution in [1.82, 2.24) is 9.47 Å². The molecule has 2 aromatic carbocycles. The minimum atomic E-state index is -0.915. The van der Waals surface area contributed by atoms with Crippen molar-refractivity contribution in [3.05, 3.63) is 47.5 Å². The van der Waals surface area contributed by atoms with E-state index in [0.29, 0.717) is 37.7 Å². The molecule has 1 atom stereocenters. The van der Waals surface area contributed by atoms with Gasteiger partial charge in [0.2, 0.25) is 0 Å². The number of carbonyl (C=O) groups excluding carboxylic acids is 1. The third-order valence-electron chi connectivity index (χ3n) is 8.26. The maximum absolute atomic E-state index is 12.0. The Bertz CT molecular complexity index is 1370. The van der Waals surface area contributed by atoms with Crippen LogP contribution in [0.3, 0.4) is 0 Å². The number of hydrogen-bond donors (Lipinski definition) is 1. The lowest BCUT2D eigenvalue weighted by Gasteiger charge is -2.32. The molecular weight excluding hydrogens is 484 g/mol. The summed E-state index contributed by atoms with van der Waals surface area (Å²) in [4.78, 5) is 25.5. The number of ether oxygens (including phenoxy) is 3. The second-order valence-electron chi connectivity index (χ2n) is 10.6. The molecule has 0 radical (unpaired) electrons. The van der Waals surface area contributed by atoms with Gasteiger partial charge in [-0.1, -0.05) is 25.3 Å². The van der Waals surface area contributed by atoms with Gasteiger partial charge in [0.1, 0.15) is 24.2 Å². The number of methoxy groups -OCH3 is 1. The maximum atomic E-state index is 12.0. The van der Waals surface area contributed by atoms with Crippen LogP contribution in [0.5, 0.6) is 11.5 Å². The molecule has 3 aliphatic rings. The number of carboxylic acid groups (broad SMARTS) is 1. The van der Waals surface area contributed by atoms with E-state index in [1.807, 2.05) is 24.3 Å². The van der Waals surface area contributed by atoms with Crippen LogP contribution in [-0.2, 0) is 11.3 Å². The highest BCUT2D eigenvalue weighted by atomic mass is 16.5. The number of benzene rings is 2. The first-order chi connectivity index (χ1) is 18.5. The molecule has 0 bridgehead atoms. The second-order valence-corrected chi connectivity index (χ2v) is 10.6. The predicted octanol–water partition coefficient (Wildman–Crippen LogP) is 6.06. The van der Waals surface area contributed by atoms with E-state index in [0.717, 1.165) is 59.3 Å². The van der Waals surface area contributed by atoms with Gasteiger partial charge in [0, 0.05) is 29.1 Å². The first-order valence-corrected chi connectivity index (χ1v) is 13.7. The van der Waals surface area contributed by atoms with E-state index in [2.05, 4.69) is 10.6 Å². The van der Waals surface area contributed by atoms with E-state index in [1.165, 1.54) is 31.9 Å². The van der Waals surface area contributed by atoms with Crippen LogP contribution < -0.4 is 9.47 Å². The van der Waals surface area contributed by atoms with Gasteiger partial charge in [-0.05, 0) is 61.4 Å². The SMILES string of the molecule is COC(=O)N1CCCC(Oc2ccc3c(c2)OCCn2c-3c(C3CCCCC3)c3ccc(C(=O)O)cc32)C1. The molecule has 200 valence electrons. The lowest BCUT2D eigenvalue weighted by Crippen LogP contribution is -2.44. The molecule has 1 aliphatic carbocycles. The number of carboxylic acids is 1. The Hall–Kier alpha value is -3.68. The Morgan fingerprint density at radius 1 is 1.00 bits per heavy atom. The number of amides is 1. The summed E-state index contributed by atoms with van der Waals surface area (Å²) >= 11 is 0. The van der Waals surface area contributed by atoms with E-state index in [9.17, 15) is 14.7 Å². The number of piperidine rings is 1. The number of nitrogens with zero attached hydrogens (tertiary/aromatic N) is 2. The van der Waals surface area contributed by atoms with Gasteiger partial charge in [0.15, 0.2) is 0 Å². The standard InChI is InChI=1S/C30H34N2O6/c1-36-30(35)31-13-5-8-22(18-31)38-21-10-12-24-26(17-21)37-15-14-32-25-16-20(29(33)34)9-11-23(25)27(28(24)32)19-6-3-2-4-7-19/h9-12,16-17,19,22H,2-8,13-15,18H2,1H3,(H,33,34). The lowest BCUT2D eigenvalue weighted by molar-refractivity contribution is 0.0691. The minimum absolute atomic E-state index is 0.106. The fourth-order valence-corrected chi connectivity index (χ4v) is 6.50. The molecule has 2 fully saturated rings. The Morgan fingerprint density at radius 2 is 1.84 bits per heavy atom. The molecule has 1 amide bonds. The van der Waals surface area contributed by atoms with Gasteiger partial charge in [-0.25, -0.2) is 9.59 Å². The number of carbonyl (C=O) groups is 2. The van der Waals surface area contributed by atoms with Gasteiger partial charge in [0.25, 0.3) is 0 Å². The fraction of sp³-hybridized carbons (Fsp3) is 0.467. The van der Waals surface area contributed by atoms with Crippen LogP contribution in [0.15, 0.2) is 36.4 Å². The van der Waals surface area contributed by atoms with Crippen LogP contribution >= 0.6 is 0 Å². The number of aromatic carboxylic acids is 1. The molecule has 3 heterocycles. The quantitative estimate of drug-likeness (QED) is 0.452. The summed E-state index contributed by atoms with van der Waals surface area (Å²) in [6.45, 7) is 2.30. The third kappa shape index (κ3) is 4.46. The van der Waals surface area contributed by atoms with Crippen molar-refractivity contribution in [2.24, 2.45) is 0 Å². The van der Waals surface area contributed by atoms with E-state index in [1.54, 1.807) is 11.0 Å². The molecule has 8 nitrogen and oxygen atoms in total. The molecular formula is C30H34N2O6. The van der Waals surface area contributed by atoms with Crippen LogP contribution in [0.2, 0.25) is 0 Å². The zero-order valence-electron chi connectivity index (χ0n) is 21.8. The second kappa shape index (κ2) is 10.2. The zero-order chi connectivity index (χ0) is 26.2. The number of hydrogen-bond acceptors (Lipinski definition) is 5. The van der Waals surface area contributed by atoms with Gasteiger partial charge >= 0.3 is 12.1 Å². The molecule has 2 aliphatic heterocycles. The number of likely N-dealkylation sites (tertiary alicyclic amines) is 1. The Labute approximate surface area is 222 Å². The summed E-state index contributed by atoms with van der Waals surface area (Å²) in [7, 11) is 1.40. The highest BCUT2D eigenvalue weighted by Gasteiger charge is 2.30. The smallest absolute Gasteiger partial charge is 0.409 e. The monoisotopic (exact) mass is 518 g/mol. The number of aromatic nitrogens is 1. The van der Waals surface area contributed by atoms with Crippen molar-refractivity contribution in [3.63, 3.8) is 0 Å². The topological polar surface area (TPSA) is 90.2 Å². The molecule has 38 heavy (non-hydrogen) atoms. The van der Waals surface area contributed by atoms with Crippen molar-refractivity contribution >= 4 is 23.0 Å². The predicted molar refractivity (Wildman–Crippen MR) is 143 cm³/mol. The molecule has 3 aromatic rings. The highest BCUT2D eigenvalue weighted by molar-refractivity contribution is 5.98. The average molecular weight is 519 g/mol. The van der Waals surface area contributed by atoms with Gasteiger partial charge in [-0.2, -0.15) is 0 Å². The van der Waals surface area contributed by atoms with E-state index >= 15 is 0 Å². The molecule has 1 unspecified atom stereocenters. The minimum Gasteiger partial charge on any atom is -0.491 e.